The van der Waals surface area contributed by atoms with Crippen molar-refractivity contribution < 1.29 is 19.1 Å². The molecule has 7 nitrogen and oxygen atoms in total. The van der Waals surface area contributed by atoms with Gasteiger partial charge in [-0.25, -0.2) is 0 Å². The molecule has 0 saturated carbocycles. The number of hydrogen-bond acceptors (Lipinski definition) is 7. The van der Waals surface area contributed by atoms with Crippen molar-refractivity contribution in [1.29, 1.82) is 0 Å². The summed E-state index contributed by atoms with van der Waals surface area (Å²) >= 11 is 3.45. The lowest BCUT2D eigenvalue weighted by atomic mass is 10.1. The zero-order chi connectivity index (χ0) is 26.2. The number of aromatic nitrogens is 2. The number of nitrogens with one attached hydrogen (secondary N) is 1. The van der Waals surface area contributed by atoms with E-state index in [0.29, 0.717) is 17.9 Å². The van der Waals surface area contributed by atoms with Crippen molar-refractivity contribution in [3.05, 3.63) is 84.3 Å². The summed E-state index contributed by atoms with van der Waals surface area (Å²) < 4.78 is 15.8. The second-order valence-electron chi connectivity index (χ2n) is 9.06. The Morgan fingerprint density at radius 2 is 1.87 bits per heavy atom. The van der Waals surface area contributed by atoms with Crippen LogP contribution in [0.4, 0.5) is 5.82 Å². The van der Waals surface area contributed by atoms with Gasteiger partial charge in [0.1, 0.15) is 18.1 Å². The Labute approximate surface area is 226 Å². The maximum Gasteiger partial charge on any atom is 0.307 e. The summed E-state index contributed by atoms with van der Waals surface area (Å²) in [6.07, 6.45) is 3.34. The zero-order valence-electron chi connectivity index (χ0n) is 20.8. The lowest BCUT2D eigenvalue weighted by Gasteiger charge is -2.15. The molecule has 1 atom stereocenters. The quantitative estimate of drug-likeness (QED) is 0.183. The molecule has 0 amide bonds. The van der Waals surface area contributed by atoms with Crippen molar-refractivity contribution in [3.8, 4) is 20.9 Å². The van der Waals surface area contributed by atoms with Gasteiger partial charge in [0.15, 0.2) is 0 Å². The number of carboxylic acids is 1. The van der Waals surface area contributed by atoms with Gasteiger partial charge in [0.2, 0.25) is 0 Å². The maximum atomic E-state index is 11.2. The van der Waals surface area contributed by atoms with Crippen molar-refractivity contribution in [2.24, 2.45) is 7.05 Å². The molecular formula is C29H25N3O4S2. The SMILES string of the molecule is CC(OCNc1c(-c2cc3sc(-c4ccc5occ(CC(=O)O)c5c4)cc3s2)cnn1C)c1ccccc1. The first-order valence-corrected chi connectivity index (χ1v) is 13.8. The van der Waals surface area contributed by atoms with Gasteiger partial charge in [-0.1, -0.05) is 30.3 Å². The predicted octanol–water partition coefficient (Wildman–Crippen LogP) is 7.55. The van der Waals surface area contributed by atoms with E-state index in [-0.39, 0.29) is 12.5 Å². The summed E-state index contributed by atoms with van der Waals surface area (Å²) in [7, 11) is 1.92. The van der Waals surface area contributed by atoms with E-state index in [0.717, 1.165) is 37.6 Å². The van der Waals surface area contributed by atoms with E-state index in [1.54, 1.807) is 22.7 Å². The molecule has 0 aliphatic carbocycles. The molecule has 1 unspecified atom stereocenters. The van der Waals surface area contributed by atoms with Gasteiger partial charge in [0.25, 0.3) is 0 Å². The van der Waals surface area contributed by atoms with E-state index in [1.807, 2.05) is 61.2 Å². The standard InChI is InChI=1S/C29H25N3O4S2/c1-17(18-6-4-3-5-7-18)36-16-30-29-22(14-31-32(29)2)25-13-27-26(38-25)12-24(37-27)19-8-9-23-21(10-19)20(15-35-23)11-28(33)34/h3-10,12-15,17,30H,11,16H2,1-2H3,(H,33,34). The van der Waals surface area contributed by atoms with Crippen LogP contribution in [0.2, 0.25) is 0 Å². The highest BCUT2D eigenvalue weighted by Crippen LogP contribution is 2.43. The van der Waals surface area contributed by atoms with Gasteiger partial charge < -0.3 is 19.6 Å². The van der Waals surface area contributed by atoms with Crippen molar-refractivity contribution >= 4 is 54.8 Å². The van der Waals surface area contributed by atoms with Crippen LogP contribution < -0.4 is 5.32 Å². The third-order valence-electron chi connectivity index (χ3n) is 6.53. The number of ether oxygens (including phenoxy) is 1. The van der Waals surface area contributed by atoms with Gasteiger partial charge in [0, 0.05) is 37.2 Å². The zero-order valence-corrected chi connectivity index (χ0v) is 22.4. The molecule has 0 fully saturated rings. The van der Waals surface area contributed by atoms with Crippen LogP contribution in [-0.2, 0) is 23.0 Å². The number of thiophene rings is 2. The Kier molecular flexibility index (Phi) is 6.49. The molecule has 6 rings (SSSR count). The monoisotopic (exact) mass is 543 g/mol. The van der Waals surface area contributed by atoms with E-state index >= 15 is 0 Å². The number of carbonyl (C=O) groups is 1. The minimum Gasteiger partial charge on any atom is -0.481 e. The average molecular weight is 544 g/mol. The summed E-state index contributed by atoms with van der Waals surface area (Å²) in [5, 5.41) is 17.9. The first-order chi connectivity index (χ1) is 18.5. The molecule has 2 N–H and O–H groups in total. The maximum absolute atomic E-state index is 11.2. The fraction of sp³-hybridized carbons (Fsp3) is 0.172. The smallest absolute Gasteiger partial charge is 0.307 e. The molecule has 0 spiro atoms. The number of fused-ring (bicyclic) bond motifs is 2. The van der Waals surface area contributed by atoms with Gasteiger partial charge in [-0.15, -0.1) is 22.7 Å². The van der Waals surface area contributed by atoms with Crippen LogP contribution >= 0.6 is 22.7 Å². The second-order valence-corrected chi connectivity index (χ2v) is 11.2. The number of aliphatic carboxylic acids is 1. The molecule has 0 aliphatic rings. The van der Waals surface area contributed by atoms with Gasteiger partial charge in [0.05, 0.1) is 30.5 Å². The molecule has 2 aromatic carbocycles. The topological polar surface area (TPSA) is 89.5 Å². The Hall–Kier alpha value is -3.92. The van der Waals surface area contributed by atoms with Gasteiger partial charge in [-0.05, 0) is 48.4 Å². The molecule has 9 heteroatoms. The summed E-state index contributed by atoms with van der Waals surface area (Å²) in [5.41, 5.74) is 4.61. The third-order valence-corrected chi connectivity index (χ3v) is 8.91. The minimum absolute atomic E-state index is 0.0210. The molecule has 0 saturated heterocycles. The molecule has 192 valence electrons. The lowest BCUT2D eigenvalue weighted by molar-refractivity contribution is -0.136. The Balaban J connectivity index is 1.22. The number of anilines is 1. The first kappa shape index (κ1) is 24.4. The van der Waals surface area contributed by atoms with Crippen LogP contribution in [0.3, 0.4) is 0 Å². The van der Waals surface area contributed by atoms with Crippen LogP contribution in [0.5, 0.6) is 0 Å². The Bertz CT molecular complexity index is 1710. The van der Waals surface area contributed by atoms with Crippen molar-refractivity contribution in [2.75, 3.05) is 12.0 Å². The normalized spacial score (nSPS) is 12.4. The highest BCUT2D eigenvalue weighted by molar-refractivity contribution is 7.31. The fourth-order valence-electron chi connectivity index (χ4n) is 4.53. The van der Waals surface area contributed by atoms with Crippen LogP contribution in [0.15, 0.2) is 77.5 Å². The molecule has 0 radical (unpaired) electrons. The summed E-state index contributed by atoms with van der Waals surface area (Å²) in [5.74, 6) is 0.0413. The highest BCUT2D eigenvalue weighted by atomic mass is 32.1. The Morgan fingerprint density at radius 3 is 2.66 bits per heavy atom. The molecule has 0 aliphatic heterocycles. The fourth-order valence-corrected chi connectivity index (χ4v) is 6.93. The number of benzene rings is 2. The number of aryl methyl sites for hydroxylation is 1. The van der Waals surface area contributed by atoms with Crippen molar-refractivity contribution in [3.63, 3.8) is 0 Å². The van der Waals surface area contributed by atoms with Crippen LogP contribution in [0, 0.1) is 0 Å². The number of hydrogen-bond donors (Lipinski definition) is 2. The molecule has 38 heavy (non-hydrogen) atoms. The minimum atomic E-state index is -0.871. The summed E-state index contributed by atoms with van der Waals surface area (Å²) in [4.78, 5) is 13.5. The molecule has 4 aromatic heterocycles. The number of furan rings is 1. The highest BCUT2D eigenvalue weighted by Gasteiger charge is 2.17. The lowest BCUT2D eigenvalue weighted by Crippen LogP contribution is -2.12. The molecule has 6 aromatic rings. The van der Waals surface area contributed by atoms with E-state index in [9.17, 15) is 9.90 Å². The van der Waals surface area contributed by atoms with Crippen molar-refractivity contribution in [2.45, 2.75) is 19.4 Å². The van der Waals surface area contributed by atoms with E-state index in [1.165, 1.54) is 15.7 Å². The second kappa shape index (κ2) is 10.1. The van der Waals surface area contributed by atoms with Crippen LogP contribution in [-0.4, -0.2) is 27.6 Å². The summed E-state index contributed by atoms with van der Waals surface area (Å²) in [6, 6.07) is 20.5. The first-order valence-electron chi connectivity index (χ1n) is 12.1. The van der Waals surface area contributed by atoms with Gasteiger partial charge >= 0.3 is 5.97 Å². The van der Waals surface area contributed by atoms with E-state index < -0.39 is 5.97 Å². The number of carboxylic acid groups (broad SMARTS) is 1. The van der Waals surface area contributed by atoms with Gasteiger partial charge in [-0.3, -0.25) is 9.48 Å². The van der Waals surface area contributed by atoms with E-state index in [2.05, 4.69) is 34.7 Å². The average Bonchev–Trinajstić information content (AvgIpc) is 3.67. The largest absolute Gasteiger partial charge is 0.481 e. The Morgan fingerprint density at radius 1 is 1.11 bits per heavy atom. The van der Waals surface area contributed by atoms with Crippen LogP contribution in [0.25, 0.3) is 41.3 Å². The number of rotatable bonds is 9. The molecule has 4 heterocycles. The van der Waals surface area contributed by atoms with Crippen molar-refractivity contribution in [1.82, 2.24) is 9.78 Å². The third kappa shape index (κ3) is 4.71. The molecule has 0 bridgehead atoms. The van der Waals surface area contributed by atoms with Crippen LogP contribution in [0.1, 0.15) is 24.2 Å². The van der Waals surface area contributed by atoms with E-state index in [4.69, 9.17) is 9.15 Å². The van der Waals surface area contributed by atoms with Gasteiger partial charge in [-0.2, -0.15) is 5.10 Å². The molecular weight excluding hydrogens is 518 g/mol. The predicted molar refractivity (Wildman–Crippen MR) is 153 cm³/mol. The summed E-state index contributed by atoms with van der Waals surface area (Å²) in [6.45, 7) is 2.41. The number of nitrogens with zero attached hydrogens (tertiary/aromatic N) is 2.